The Bertz CT molecular complexity index is 342. The van der Waals surface area contributed by atoms with Gasteiger partial charge in [-0.05, 0) is 27.2 Å². The van der Waals surface area contributed by atoms with E-state index in [0.717, 1.165) is 0 Å². The van der Waals surface area contributed by atoms with Crippen molar-refractivity contribution in [3.63, 3.8) is 0 Å². The average molecular weight is 298 g/mol. The summed E-state index contributed by atoms with van der Waals surface area (Å²) in [5.41, 5.74) is -0.601. The maximum absolute atomic E-state index is 12.1. The molecule has 1 heterocycles. The number of alkyl halides is 3. The van der Waals surface area contributed by atoms with Crippen molar-refractivity contribution in [2.24, 2.45) is 0 Å². The van der Waals surface area contributed by atoms with Crippen molar-refractivity contribution in [2.75, 3.05) is 20.1 Å². The lowest BCUT2D eigenvalue weighted by molar-refractivity contribution is -0.340. The van der Waals surface area contributed by atoms with Crippen LogP contribution in [-0.2, 0) is 9.47 Å². The third-order valence-corrected chi connectivity index (χ3v) is 2.68. The Morgan fingerprint density at radius 3 is 2.45 bits per heavy atom. The molecule has 0 radical (unpaired) electrons. The number of hydrogen-bond acceptors (Lipinski definition) is 4. The number of carbonyl (C=O) groups excluding carboxylic acids is 1. The second kappa shape index (κ2) is 6.17. The first kappa shape index (κ1) is 17.0. The lowest BCUT2D eigenvalue weighted by Crippen LogP contribution is -2.41. The molecule has 1 fully saturated rings. The van der Waals surface area contributed by atoms with Gasteiger partial charge in [-0.3, -0.25) is 4.74 Å². The molecule has 0 aromatic rings. The van der Waals surface area contributed by atoms with E-state index in [0.29, 0.717) is 0 Å². The zero-order valence-electron chi connectivity index (χ0n) is 12.1. The van der Waals surface area contributed by atoms with Crippen molar-refractivity contribution in [2.45, 2.75) is 51.3 Å². The smallest absolute Gasteiger partial charge is 0.444 e. The predicted octanol–water partition coefficient (Wildman–Crippen LogP) is 2.12. The summed E-state index contributed by atoms with van der Waals surface area (Å²) in [5.74, 6) is 0. The zero-order valence-corrected chi connectivity index (χ0v) is 12.1. The van der Waals surface area contributed by atoms with Gasteiger partial charge in [-0.1, -0.05) is 0 Å². The van der Waals surface area contributed by atoms with Crippen LogP contribution in [0, 0.1) is 0 Å². The van der Waals surface area contributed by atoms with E-state index in [1.54, 1.807) is 27.8 Å². The van der Waals surface area contributed by atoms with E-state index in [2.05, 4.69) is 10.1 Å². The summed E-state index contributed by atoms with van der Waals surface area (Å²) in [5, 5.41) is 2.90. The van der Waals surface area contributed by atoms with Crippen LogP contribution >= 0.6 is 0 Å². The number of rotatable bonds is 3. The Hall–Kier alpha value is -1.02. The van der Waals surface area contributed by atoms with E-state index in [1.807, 2.05) is 0 Å². The minimum atomic E-state index is -4.63. The fourth-order valence-electron chi connectivity index (χ4n) is 1.94. The molecule has 1 rings (SSSR count). The number of hydrogen-bond donors (Lipinski definition) is 1. The van der Waals surface area contributed by atoms with E-state index >= 15 is 0 Å². The molecule has 0 aliphatic carbocycles. The van der Waals surface area contributed by atoms with Crippen molar-refractivity contribution in [1.82, 2.24) is 10.2 Å². The fraction of sp³-hybridized carbons (Fsp3) is 0.917. The van der Waals surface area contributed by atoms with Crippen LogP contribution in [0.2, 0.25) is 0 Å². The van der Waals surface area contributed by atoms with Gasteiger partial charge in [0.2, 0.25) is 0 Å². The Balaban J connectivity index is 2.37. The van der Waals surface area contributed by atoms with Gasteiger partial charge in [-0.2, -0.15) is 0 Å². The molecule has 1 amide bonds. The number of carbonyl (C=O) groups is 1. The number of nitrogens with zero attached hydrogens (tertiary/aromatic N) is 1. The predicted molar refractivity (Wildman–Crippen MR) is 66.2 cm³/mol. The molecule has 20 heavy (non-hydrogen) atoms. The number of nitrogens with one attached hydrogen (secondary N) is 1. The Kier molecular flexibility index (Phi) is 5.26. The Morgan fingerprint density at radius 1 is 1.35 bits per heavy atom. The maximum Gasteiger partial charge on any atom is 0.522 e. The summed E-state index contributed by atoms with van der Waals surface area (Å²) in [6, 6.07) is -0.236. The van der Waals surface area contributed by atoms with Gasteiger partial charge in [0.05, 0.1) is 6.10 Å². The molecule has 1 saturated heterocycles. The van der Waals surface area contributed by atoms with Crippen molar-refractivity contribution >= 4 is 6.09 Å². The molecule has 2 atom stereocenters. The summed E-state index contributed by atoms with van der Waals surface area (Å²) in [4.78, 5) is 13.1. The minimum absolute atomic E-state index is 0.117. The molecule has 118 valence electrons. The molecule has 1 aliphatic rings. The number of halogens is 3. The molecule has 1 aliphatic heterocycles. The molecule has 8 heteroatoms. The summed E-state index contributed by atoms with van der Waals surface area (Å²) >= 11 is 0. The van der Waals surface area contributed by atoms with Crippen molar-refractivity contribution in [3.05, 3.63) is 0 Å². The molecule has 0 unspecified atom stereocenters. The van der Waals surface area contributed by atoms with Gasteiger partial charge in [-0.25, -0.2) is 4.79 Å². The highest BCUT2D eigenvalue weighted by Gasteiger charge is 2.37. The highest BCUT2D eigenvalue weighted by molar-refractivity contribution is 5.67. The minimum Gasteiger partial charge on any atom is -0.444 e. The largest absolute Gasteiger partial charge is 0.522 e. The molecule has 0 bridgehead atoms. The van der Waals surface area contributed by atoms with E-state index in [1.165, 1.54) is 4.90 Å². The maximum atomic E-state index is 12.1. The highest BCUT2D eigenvalue weighted by Crippen LogP contribution is 2.23. The van der Waals surface area contributed by atoms with Crippen LogP contribution < -0.4 is 5.32 Å². The van der Waals surface area contributed by atoms with Gasteiger partial charge in [0, 0.05) is 26.2 Å². The van der Waals surface area contributed by atoms with Crippen molar-refractivity contribution in [3.8, 4) is 0 Å². The molecule has 1 N–H and O–H groups in total. The zero-order chi connectivity index (χ0) is 15.6. The summed E-state index contributed by atoms with van der Waals surface area (Å²) in [7, 11) is 1.55. The van der Waals surface area contributed by atoms with Gasteiger partial charge in [-0.15, -0.1) is 13.2 Å². The first-order chi connectivity index (χ1) is 8.96. The van der Waals surface area contributed by atoms with Gasteiger partial charge >= 0.3 is 12.5 Å². The second-order valence-corrected chi connectivity index (χ2v) is 5.89. The van der Waals surface area contributed by atoms with E-state index in [-0.39, 0.29) is 25.6 Å². The first-order valence-corrected chi connectivity index (χ1v) is 6.38. The summed E-state index contributed by atoms with van der Waals surface area (Å²) < 4.78 is 45.3. The molecule has 0 aromatic carbocycles. The van der Waals surface area contributed by atoms with Crippen molar-refractivity contribution in [1.29, 1.82) is 0 Å². The third kappa shape index (κ3) is 6.42. The fourth-order valence-corrected chi connectivity index (χ4v) is 1.94. The topological polar surface area (TPSA) is 50.8 Å². The standard InChI is InChI=1S/C12H21F3N2O3/c1-11(2,3)20-10(18)17(4)7-8-5-9(6-16-8)19-12(13,14)15/h8-9,16H,5-7H2,1-4H3/t8-,9-/m0/s1. The van der Waals surface area contributed by atoms with Crippen LogP contribution in [0.15, 0.2) is 0 Å². The third-order valence-electron chi connectivity index (χ3n) is 2.68. The van der Waals surface area contributed by atoms with Crippen LogP contribution in [0.5, 0.6) is 0 Å². The van der Waals surface area contributed by atoms with Crippen LogP contribution in [0.1, 0.15) is 27.2 Å². The molecule has 0 aromatic heterocycles. The summed E-state index contributed by atoms with van der Waals surface area (Å²) in [6.45, 7) is 5.64. The molecular formula is C12H21F3N2O3. The van der Waals surface area contributed by atoms with Gasteiger partial charge in [0.15, 0.2) is 0 Å². The van der Waals surface area contributed by atoms with E-state index in [4.69, 9.17) is 4.74 Å². The lowest BCUT2D eigenvalue weighted by Gasteiger charge is -2.26. The number of ether oxygens (including phenoxy) is 2. The van der Waals surface area contributed by atoms with Crippen LogP contribution in [0.25, 0.3) is 0 Å². The van der Waals surface area contributed by atoms with Crippen LogP contribution in [0.4, 0.5) is 18.0 Å². The number of amides is 1. The monoisotopic (exact) mass is 298 g/mol. The Morgan fingerprint density at radius 2 is 1.95 bits per heavy atom. The highest BCUT2D eigenvalue weighted by atomic mass is 19.4. The van der Waals surface area contributed by atoms with Crippen LogP contribution in [0.3, 0.4) is 0 Å². The second-order valence-electron chi connectivity index (χ2n) is 5.89. The molecule has 5 nitrogen and oxygen atoms in total. The van der Waals surface area contributed by atoms with Crippen molar-refractivity contribution < 1.29 is 27.4 Å². The quantitative estimate of drug-likeness (QED) is 0.867. The number of likely N-dealkylation sites (N-methyl/N-ethyl adjacent to an activating group) is 1. The molecule has 0 saturated carbocycles. The van der Waals surface area contributed by atoms with E-state index < -0.39 is 24.2 Å². The first-order valence-electron chi connectivity index (χ1n) is 6.38. The Labute approximate surface area is 116 Å². The van der Waals surface area contributed by atoms with Crippen LogP contribution in [-0.4, -0.2) is 55.2 Å². The van der Waals surface area contributed by atoms with Gasteiger partial charge in [0.1, 0.15) is 5.60 Å². The summed E-state index contributed by atoms with van der Waals surface area (Å²) in [6.07, 6.45) is -5.84. The lowest BCUT2D eigenvalue weighted by atomic mass is 10.2. The molecule has 0 spiro atoms. The average Bonchev–Trinajstić information content (AvgIpc) is 2.59. The van der Waals surface area contributed by atoms with Gasteiger partial charge in [0.25, 0.3) is 0 Å². The normalized spacial score (nSPS) is 23.8. The molecular weight excluding hydrogens is 277 g/mol. The van der Waals surface area contributed by atoms with E-state index in [9.17, 15) is 18.0 Å². The SMILES string of the molecule is CN(C[C@@H]1C[C@H](OC(F)(F)F)CN1)C(=O)OC(C)(C)C. The van der Waals surface area contributed by atoms with Gasteiger partial charge < -0.3 is 15.0 Å².